The lowest BCUT2D eigenvalue weighted by atomic mass is 10.1. The molecule has 0 aliphatic carbocycles. The van der Waals surface area contributed by atoms with Gasteiger partial charge in [0.05, 0.1) is 17.4 Å². The van der Waals surface area contributed by atoms with Crippen molar-refractivity contribution in [2.45, 2.75) is 38.8 Å². The van der Waals surface area contributed by atoms with Crippen LogP contribution in [0, 0.1) is 5.82 Å². The fraction of sp³-hybridized carbons (Fsp3) is 0.333. The number of piperidine rings is 1. The van der Waals surface area contributed by atoms with Crippen LogP contribution >= 0.6 is 0 Å². The molecule has 162 valence electrons. The minimum Gasteiger partial charge on any atom is -0.490 e. The summed E-state index contributed by atoms with van der Waals surface area (Å²) >= 11 is 0. The van der Waals surface area contributed by atoms with E-state index in [2.05, 4.69) is 29.2 Å². The third-order valence-electron chi connectivity index (χ3n) is 5.56. The Morgan fingerprint density at radius 3 is 2.42 bits per heavy atom. The predicted molar refractivity (Wildman–Crippen MR) is 118 cm³/mol. The van der Waals surface area contributed by atoms with Crippen molar-refractivity contribution >= 4 is 11.6 Å². The van der Waals surface area contributed by atoms with Gasteiger partial charge in [0.2, 0.25) is 0 Å². The summed E-state index contributed by atoms with van der Waals surface area (Å²) in [6, 6.07) is 13.9. The number of likely N-dealkylation sites (tertiary alicyclic amines) is 1. The van der Waals surface area contributed by atoms with E-state index in [0.29, 0.717) is 17.3 Å². The Bertz CT molecular complexity index is 1010. The predicted octanol–water partition coefficient (Wildman–Crippen LogP) is 4.52. The van der Waals surface area contributed by atoms with Gasteiger partial charge in [-0.25, -0.2) is 9.07 Å². The second-order valence-electron chi connectivity index (χ2n) is 8.08. The largest absolute Gasteiger partial charge is 0.490 e. The van der Waals surface area contributed by atoms with Crippen molar-refractivity contribution in [1.29, 1.82) is 0 Å². The minimum atomic E-state index is -0.348. The topological polar surface area (TPSA) is 59.4 Å². The number of ether oxygens (including phenoxy) is 1. The molecule has 1 aliphatic rings. The Hall–Kier alpha value is -3.19. The molecule has 1 aromatic heterocycles. The molecule has 1 amide bonds. The summed E-state index contributed by atoms with van der Waals surface area (Å²) < 4.78 is 20.8. The first-order valence-corrected chi connectivity index (χ1v) is 10.6. The molecule has 0 saturated carbocycles. The van der Waals surface area contributed by atoms with E-state index >= 15 is 0 Å². The molecule has 4 rings (SSSR count). The molecule has 0 unspecified atom stereocenters. The molecule has 1 aliphatic heterocycles. The van der Waals surface area contributed by atoms with E-state index in [-0.39, 0.29) is 17.8 Å². The zero-order valence-corrected chi connectivity index (χ0v) is 17.8. The van der Waals surface area contributed by atoms with Crippen LogP contribution in [0.2, 0.25) is 0 Å². The molecule has 2 aromatic carbocycles. The third-order valence-corrected chi connectivity index (χ3v) is 5.56. The number of halogens is 1. The van der Waals surface area contributed by atoms with Gasteiger partial charge in [-0.1, -0.05) is 0 Å². The van der Waals surface area contributed by atoms with E-state index in [1.54, 1.807) is 10.9 Å². The highest BCUT2D eigenvalue weighted by molar-refractivity contribution is 6.03. The Balaban J connectivity index is 1.35. The Morgan fingerprint density at radius 1 is 1.10 bits per heavy atom. The van der Waals surface area contributed by atoms with Crippen LogP contribution in [-0.4, -0.2) is 45.8 Å². The third kappa shape index (κ3) is 5.30. The summed E-state index contributed by atoms with van der Waals surface area (Å²) in [5.74, 6) is 0.193. The first-order valence-electron chi connectivity index (χ1n) is 10.6. The van der Waals surface area contributed by atoms with Crippen LogP contribution in [0.25, 0.3) is 5.69 Å². The van der Waals surface area contributed by atoms with E-state index in [0.717, 1.165) is 37.4 Å². The molecule has 0 spiro atoms. The van der Waals surface area contributed by atoms with Gasteiger partial charge < -0.3 is 15.0 Å². The van der Waals surface area contributed by atoms with E-state index in [9.17, 15) is 9.18 Å². The minimum absolute atomic E-state index is 0.243. The van der Waals surface area contributed by atoms with Gasteiger partial charge in [0.15, 0.2) is 0 Å². The number of hydrogen-bond donors (Lipinski definition) is 1. The van der Waals surface area contributed by atoms with Crippen molar-refractivity contribution in [3.63, 3.8) is 0 Å². The smallest absolute Gasteiger partial charge is 0.258 e. The summed E-state index contributed by atoms with van der Waals surface area (Å²) in [6.07, 6.45) is 5.48. The van der Waals surface area contributed by atoms with Gasteiger partial charge in [0.25, 0.3) is 5.91 Å². The monoisotopic (exact) mass is 422 g/mol. The Labute approximate surface area is 181 Å². The molecule has 1 fully saturated rings. The number of hydrogen-bond acceptors (Lipinski definition) is 4. The lowest BCUT2D eigenvalue weighted by Gasteiger charge is -2.34. The number of carbonyl (C=O) groups excluding carboxylic acids is 1. The second kappa shape index (κ2) is 9.31. The van der Waals surface area contributed by atoms with Crippen LogP contribution in [0.1, 0.15) is 37.0 Å². The summed E-state index contributed by atoms with van der Waals surface area (Å²) in [4.78, 5) is 14.9. The van der Waals surface area contributed by atoms with Crippen molar-refractivity contribution in [3.8, 4) is 11.4 Å². The van der Waals surface area contributed by atoms with Crippen molar-refractivity contribution in [2.75, 3.05) is 18.4 Å². The van der Waals surface area contributed by atoms with Crippen LogP contribution in [0.15, 0.2) is 60.9 Å². The maximum atomic E-state index is 13.0. The van der Waals surface area contributed by atoms with Crippen molar-refractivity contribution in [3.05, 3.63) is 72.3 Å². The first kappa shape index (κ1) is 21.1. The standard InChI is InChI=1S/C24H27FN4O2/c1-17(2)28-13-11-23(12-14-28)31-22-9-7-21(8-10-22)29-16-18(15-26-29)24(30)27-20-5-3-19(25)4-6-20/h3-10,15-17,23H,11-14H2,1-2H3,(H,27,30). The average Bonchev–Trinajstić information content (AvgIpc) is 3.27. The number of nitrogens with one attached hydrogen (secondary N) is 1. The fourth-order valence-corrected chi connectivity index (χ4v) is 3.70. The molecule has 2 heterocycles. The lowest BCUT2D eigenvalue weighted by Crippen LogP contribution is -2.41. The molecule has 6 nitrogen and oxygen atoms in total. The molecule has 7 heteroatoms. The quantitative estimate of drug-likeness (QED) is 0.635. The zero-order valence-electron chi connectivity index (χ0n) is 17.8. The zero-order chi connectivity index (χ0) is 21.8. The molecular weight excluding hydrogens is 395 g/mol. The number of aromatic nitrogens is 2. The number of nitrogens with zero attached hydrogens (tertiary/aromatic N) is 3. The number of amides is 1. The second-order valence-corrected chi connectivity index (χ2v) is 8.08. The molecule has 3 aromatic rings. The normalized spacial score (nSPS) is 15.2. The summed E-state index contributed by atoms with van der Waals surface area (Å²) in [5.41, 5.74) is 1.78. The van der Waals surface area contributed by atoms with Crippen LogP contribution in [0.4, 0.5) is 10.1 Å². The van der Waals surface area contributed by atoms with Gasteiger partial charge in [-0.3, -0.25) is 4.79 Å². The van der Waals surface area contributed by atoms with Gasteiger partial charge in [-0.2, -0.15) is 5.10 Å². The number of carbonyl (C=O) groups is 1. The van der Waals surface area contributed by atoms with Crippen LogP contribution in [-0.2, 0) is 0 Å². The molecule has 31 heavy (non-hydrogen) atoms. The summed E-state index contributed by atoms with van der Waals surface area (Å²) in [6.45, 7) is 6.59. The average molecular weight is 423 g/mol. The number of rotatable bonds is 6. The van der Waals surface area contributed by atoms with Crippen LogP contribution < -0.4 is 10.1 Å². The molecule has 0 atom stereocenters. The van der Waals surface area contributed by atoms with Gasteiger partial charge in [-0.15, -0.1) is 0 Å². The van der Waals surface area contributed by atoms with Crippen molar-refractivity contribution < 1.29 is 13.9 Å². The van der Waals surface area contributed by atoms with E-state index in [4.69, 9.17) is 4.74 Å². The van der Waals surface area contributed by atoms with E-state index in [1.807, 2.05) is 24.3 Å². The van der Waals surface area contributed by atoms with Crippen molar-refractivity contribution in [1.82, 2.24) is 14.7 Å². The summed E-state index contributed by atoms with van der Waals surface area (Å²) in [7, 11) is 0. The van der Waals surface area contributed by atoms with Gasteiger partial charge in [0.1, 0.15) is 17.7 Å². The van der Waals surface area contributed by atoms with Gasteiger partial charge in [0, 0.05) is 31.0 Å². The molecular formula is C24H27FN4O2. The lowest BCUT2D eigenvalue weighted by molar-refractivity contribution is 0.0843. The van der Waals surface area contributed by atoms with Crippen LogP contribution in [0.5, 0.6) is 5.75 Å². The van der Waals surface area contributed by atoms with Gasteiger partial charge >= 0.3 is 0 Å². The molecule has 1 saturated heterocycles. The highest BCUT2D eigenvalue weighted by Gasteiger charge is 2.22. The maximum absolute atomic E-state index is 13.0. The SMILES string of the molecule is CC(C)N1CCC(Oc2ccc(-n3cc(C(=O)Nc4ccc(F)cc4)cn3)cc2)CC1. The fourth-order valence-electron chi connectivity index (χ4n) is 3.70. The highest BCUT2D eigenvalue weighted by atomic mass is 19.1. The number of benzene rings is 2. The molecule has 0 radical (unpaired) electrons. The first-order chi connectivity index (χ1) is 15.0. The van der Waals surface area contributed by atoms with Crippen molar-refractivity contribution in [2.24, 2.45) is 0 Å². The van der Waals surface area contributed by atoms with Gasteiger partial charge in [-0.05, 0) is 75.2 Å². The number of anilines is 1. The van der Waals surface area contributed by atoms with Crippen LogP contribution in [0.3, 0.4) is 0 Å². The van der Waals surface area contributed by atoms with E-state index in [1.165, 1.54) is 30.5 Å². The Kier molecular flexibility index (Phi) is 6.32. The molecule has 0 bridgehead atoms. The van der Waals surface area contributed by atoms with E-state index < -0.39 is 0 Å². The molecule has 1 N–H and O–H groups in total. The highest BCUT2D eigenvalue weighted by Crippen LogP contribution is 2.22. The summed E-state index contributed by atoms with van der Waals surface area (Å²) in [5, 5.41) is 7.02. The maximum Gasteiger partial charge on any atom is 0.258 e. The Morgan fingerprint density at radius 2 is 1.77 bits per heavy atom.